The average Bonchev–Trinajstić information content (AvgIpc) is 2.40. The van der Waals surface area contributed by atoms with E-state index in [4.69, 9.17) is 18.0 Å². The first-order valence-electron chi connectivity index (χ1n) is 5.89. The number of para-hydroxylation sites is 1. The third kappa shape index (κ3) is 3.89. The van der Waals surface area contributed by atoms with E-state index in [1.54, 1.807) is 0 Å². The minimum Gasteiger partial charge on any atom is -0.389 e. The summed E-state index contributed by atoms with van der Waals surface area (Å²) < 4.78 is 0. The number of anilines is 1. The minimum atomic E-state index is -0.0470. The molecule has 0 aliphatic carbocycles. The molecule has 0 unspecified atom stereocenters. The summed E-state index contributed by atoms with van der Waals surface area (Å²) in [6.45, 7) is 0. The van der Waals surface area contributed by atoms with Gasteiger partial charge in [-0.05, 0) is 17.7 Å². The van der Waals surface area contributed by atoms with E-state index in [-0.39, 0.29) is 5.91 Å². The molecule has 19 heavy (non-hydrogen) atoms. The van der Waals surface area contributed by atoms with Gasteiger partial charge in [0.15, 0.2) is 0 Å². The number of nitrogens with one attached hydrogen (secondary N) is 1. The molecule has 0 saturated heterocycles. The molecular weight excluding hydrogens is 256 g/mol. The van der Waals surface area contributed by atoms with Gasteiger partial charge in [0.1, 0.15) is 4.99 Å². The molecule has 0 saturated carbocycles. The van der Waals surface area contributed by atoms with Crippen molar-refractivity contribution >= 4 is 28.8 Å². The van der Waals surface area contributed by atoms with Crippen molar-refractivity contribution in [2.45, 2.75) is 6.42 Å². The van der Waals surface area contributed by atoms with E-state index in [0.717, 1.165) is 16.8 Å². The highest BCUT2D eigenvalue weighted by Gasteiger charge is 2.04. The first kappa shape index (κ1) is 13.2. The number of carbonyl (C=O) groups is 1. The number of rotatable bonds is 4. The Bertz CT molecular complexity index is 579. The van der Waals surface area contributed by atoms with E-state index in [1.807, 2.05) is 54.6 Å². The number of carbonyl (C=O) groups excluding carboxylic acids is 1. The minimum absolute atomic E-state index is 0.0470. The Morgan fingerprint density at radius 3 is 2.26 bits per heavy atom. The molecular formula is C15H14N2OS. The molecule has 0 bridgehead atoms. The Morgan fingerprint density at radius 1 is 1.05 bits per heavy atom. The molecule has 1 amide bonds. The van der Waals surface area contributed by atoms with Gasteiger partial charge < -0.3 is 11.1 Å². The highest BCUT2D eigenvalue weighted by atomic mass is 32.1. The second kappa shape index (κ2) is 6.11. The van der Waals surface area contributed by atoms with Crippen LogP contribution in [-0.2, 0) is 11.2 Å². The van der Waals surface area contributed by atoms with Crippen molar-refractivity contribution in [2.24, 2.45) is 5.73 Å². The highest BCUT2D eigenvalue weighted by molar-refractivity contribution is 7.80. The molecule has 2 aromatic rings. The van der Waals surface area contributed by atoms with Crippen LogP contribution >= 0.6 is 12.2 Å². The largest absolute Gasteiger partial charge is 0.389 e. The van der Waals surface area contributed by atoms with Gasteiger partial charge in [-0.2, -0.15) is 0 Å². The lowest BCUT2D eigenvalue weighted by Gasteiger charge is -2.05. The lowest BCUT2D eigenvalue weighted by Crippen LogP contribution is -2.14. The van der Waals surface area contributed by atoms with Crippen molar-refractivity contribution < 1.29 is 4.79 Å². The van der Waals surface area contributed by atoms with Crippen LogP contribution in [0.1, 0.15) is 11.1 Å². The lowest BCUT2D eigenvalue weighted by molar-refractivity contribution is -0.115. The number of benzene rings is 2. The fourth-order valence-corrected chi connectivity index (χ4v) is 1.84. The Hall–Kier alpha value is -2.20. The zero-order chi connectivity index (χ0) is 13.7. The van der Waals surface area contributed by atoms with Crippen LogP contribution < -0.4 is 11.1 Å². The van der Waals surface area contributed by atoms with Gasteiger partial charge in [0.2, 0.25) is 5.91 Å². The molecule has 2 rings (SSSR count). The highest BCUT2D eigenvalue weighted by Crippen LogP contribution is 2.08. The Balaban J connectivity index is 1.97. The predicted molar refractivity (Wildman–Crippen MR) is 81.1 cm³/mol. The van der Waals surface area contributed by atoms with Gasteiger partial charge in [0, 0.05) is 11.3 Å². The molecule has 0 radical (unpaired) electrons. The standard InChI is InChI=1S/C15H14N2OS/c16-15(19)12-8-6-11(7-9-12)10-14(18)17-13-4-2-1-3-5-13/h1-9H,10H2,(H2,16,19)(H,17,18). The predicted octanol–water partition coefficient (Wildman–Crippen LogP) is 2.50. The molecule has 3 nitrogen and oxygen atoms in total. The molecule has 2 aromatic carbocycles. The van der Waals surface area contributed by atoms with Gasteiger partial charge in [-0.15, -0.1) is 0 Å². The third-order valence-corrected chi connectivity index (χ3v) is 2.90. The zero-order valence-corrected chi connectivity index (χ0v) is 11.1. The normalized spacial score (nSPS) is 9.89. The second-order valence-electron chi connectivity index (χ2n) is 4.15. The molecule has 0 atom stereocenters. The topological polar surface area (TPSA) is 55.1 Å². The molecule has 3 N–H and O–H groups in total. The van der Waals surface area contributed by atoms with E-state index in [1.165, 1.54) is 0 Å². The summed E-state index contributed by atoms with van der Waals surface area (Å²) in [7, 11) is 0. The third-order valence-electron chi connectivity index (χ3n) is 2.66. The number of nitrogens with two attached hydrogens (primary N) is 1. The zero-order valence-electron chi connectivity index (χ0n) is 10.3. The van der Waals surface area contributed by atoms with Gasteiger partial charge in [-0.3, -0.25) is 4.79 Å². The smallest absolute Gasteiger partial charge is 0.228 e. The van der Waals surface area contributed by atoms with Crippen LogP contribution in [-0.4, -0.2) is 10.9 Å². The van der Waals surface area contributed by atoms with E-state index in [2.05, 4.69) is 5.32 Å². The quantitative estimate of drug-likeness (QED) is 0.839. The molecule has 0 spiro atoms. The van der Waals surface area contributed by atoms with Gasteiger partial charge in [0.25, 0.3) is 0 Å². The van der Waals surface area contributed by atoms with Gasteiger partial charge in [-0.25, -0.2) is 0 Å². The van der Waals surface area contributed by atoms with Crippen molar-refractivity contribution in [3.05, 3.63) is 65.7 Å². The molecule has 0 aromatic heterocycles. The Kier molecular flexibility index (Phi) is 4.26. The number of hydrogen-bond donors (Lipinski definition) is 2. The SMILES string of the molecule is NC(=S)c1ccc(CC(=O)Nc2ccccc2)cc1. The summed E-state index contributed by atoms with van der Waals surface area (Å²) in [6, 6.07) is 16.8. The van der Waals surface area contributed by atoms with E-state index < -0.39 is 0 Å². The van der Waals surface area contributed by atoms with Crippen LogP contribution in [0.3, 0.4) is 0 Å². The van der Waals surface area contributed by atoms with Gasteiger partial charge >= 0.3 is 0 Å². The van der Waals surface area contributed by atoms with Crippen molar-refractivity contribution in [1.82, 2.24) is 0 Å². The van der Waals surface area contributed by atoms with Crippen molar-refractivity contribution in [1.29, 1.82) is 0 Å². The fourth-order valence-electron chi connectivity index (χ4n) is 1.70. The van der Waals surface area contributed by atoms with Crippen LogP contribution in [0.5, 0.6) is 0 Å². The number of hydrogen-bond acceptors (Lipinski definition) is 2. The summed E-state index contributed by atoms with van der Waals surface area (Å²) in [5, 5.41) is 2.84. The second-order valence-corrected chi connectivity index (χ2v) is 4.59. The van der Waals surface area contributed by atoms with Crippen molar-refractivity contribution in [3.63, 3.8) is 0 Å². The van der Waals surface area contributed by atoms with E-state index >= 15 is 0 Å². The Morgan fingerprint density at radius 2 is 1.68 bits per heavy atom. The Labute approximate surface area is 117 Å². The van der Waals surface area contributed by atoms with Crippen molar-refractivity contribution in [3.8, 4) is 0 Å². The molecule has 0 aliphatic heterocycles. The van der Waals surface area contributed by atoms with Crippen LogP contribution in [0.4, 0.5) is 5.69 Å². The number of thiocarbonyl (C=S) groups is 1. The van der Waals surface area contributed by atoms with E-state index in [9.17, 15) is 4.79 Å². The van der Waals surface area contributed by atoms with Crippen LogP contribution in [0, 0.1) is 0 Å². The average molecular weight is 270 g/mol. The first-order valence-corrected chi connectivity index (χ1v) is 6.29. The van der Waals surface area contributed by atoms with Gasteiger partial charge in [0.05, 0.1) is 6.42 Å². The molecule has 0 aliphatic rings. The molecule has 0 fully saturated rings. The fraction of sp³-hybridized carbons (Fsp3) is 0.0667. The lowest BCUT2D eigenvalue weighted by atomic mass is 10.1. The maximum absolute atomic E-state index is 11.8. The maximum Gasteiger partial charge on any atom is 0.228 e. The molecule has 96 valence electrons. The summed E-state index contributed by atoms with van der Waals surface area (Å²) in [6.07, 6.45) is 0.326. The molecule has 4 heteroatoms. The first-order chi connectivity index (χ1) is 9.15. The summed E-state index contributed by atoms with van der Waals surface area (Å²) in [4.78, 5) is 12.2. The monoisotopic (exact) mass is 270 g/mol. The van der Waals surface area contributed by atoms with Gasteiger partial charge in [-0.1, -0.05) is 54.7 Å². The summed E-state index contributed by atoms with van der Waals surface area (Å²) >= 11 is 4.88. The van der Waals surface area contributed by atoms with Crippen LogP contribution in [0.25, 0.3) is 0 Å². The number of amides is 1. The van der Waals surface area contributed by atoms with E-state index in [0.29, 0.717) is 11.4 Å². The summed E-state index contributed by atoms with van der Waals surface area (Å²) in [5.74, 6) is -0.0470. The molecule has 0 heterocycles. The van der Waals surface area contributed by atoms with Crippen molar-refractivity contribution in [2.75, 3.05) is 5.32 Å². The van der Waals surface area contributed by atoms with Crippen LogP contribution in [0.15, 0.2) is 54.6 Å². The maximum atomic E-state index is 11.8. The summed E-state index contributed by atoms with van der Waals surface area (Å²) in [5.41, 5.74) is 8.05. The van der Waals surface area contributed by atoms with Crippen LogP contribution in [0.2, 0.25) is 0 Å².